The van der Waals surface area contributed by atoms with Gasteiger partial charge in [0.2, 0.25) is 17.7 Å². The fourth-order valence-corrected chi connectivity index (χ4v) is 4.09. The molecule has 34 heavy (non-hydrogen) atoms. The smallest absolute Gasteiger partial charge is 0.273 e. The molecule has 12 heteroatoms. The van der Waals surface area contributed by atoms with E-state index in [0.717, 1.165) is 11.3 Å². The number of nitro groups is 1. The van der Waals surface area contributed by atoms with E-state index in [-0.39, 0.29) is 29.5 Å². The largest absolute Gasteiger partial charge is 0.494 e. The molecule has 2 aromatic rings. The van der Waals surface area contributed by atoms with E-state index in [2.05, 4.69) is 26.6 Å². The van der Waals surface area contributed by atoms with Crippen LogP contribution in [0.2, 0.25) is 0 Å². The number of non-ortho nitro benzene ring substituents is 1. The molecule has 4 unspecified atom stereocenters. The number of carbonyl (C=O) groups is 3. The first-order valence-corrected chi connectivity index (χ1v) is 10.6. The molecule has 4 atom stereocenters. The first-order valence-electron chi connectivity index (χ1n) is 10.6. The SMILES string of the molecule is COc1cc([N+](=O)[O-])ccc1NC(=O)C1CC(=O)NC2NC(Nc3ccc(C)cc3)NC(=O)C21. The van der Waals surface area contributed by atoms with Crippen molar-refractivity contribution in [2.24, 2.45) is 11.8 Å². The molecule has 0 aromatic heterocycles. The summed E-state index contributed by atoms with van der Waals surface area (Å²) in [6.07, 6.45) is -1.62. The number of amides is 3. The van der Waals surface area contributed by atoms with Gasteiger partial charge in [-0.25, -0.2) is 0 Å². The summed E-state index contributed by atoms with van der Waals surface area (Å²) in [6.45, 7) is 1.96. The van der Waals surface area contributed by atoms with Crippen LogP contribution in [-0.4, -0.2) is 42.2 Å². The number of nitro benzene ring substituents is 1. The molecule has 0 bridgehead atoms. The molecule has 2 fully saturated rings. The number of fused-ring (bicyclic) bond motifs is 1. The second kappa shape index (κ2) is 9.35. The van der Waals surface area contributed by atoms with Gasteiger partial charge < -0.3 is 26.0 Å². The van der Waals surface area contributed by atoms with E-state index in [4.69, 9.17) is 4.74 Å². The summed E-state index contributed by atoms with van der Waals surface area (Å²) in [4.78, 5) is 48.9. The van der Waals surface area contributed by atoms with Crippen LogP contribution in [0, 0.1) is 28.9 Å². The topological polar surface area (TPSA) is 164 Å². The van der Waals surface area contributed by atoms with Crippen LogP contribution >= 0.6 is 0 Å². The normalized spacial score (nSPS) is 23.7. The highest BCUT2D eigenvalue weighted by molar-refractivity contribution is 6.01. The molecule has 12 nitrogen and oxygen atoms in total. The van der Waals surface area contributed by atoms with Crippen LogP contribution in [0.5, 0.6) is 5.75 Å². The summed E-state index contributed by atoms with van der Waals surface area (Å²) < 4.78 is 5.15. The van der Waals surface area contributed by atoms with E-state index in [1.807, 2.05) is 31.2 Å². The molecule has 0 radical (unpaired) electrons. The quantitative estimate of drug-likeness (QED) is 0.310. The van der Waals surface area contributed by atoms with Gasteiger partial charge in [-0.2, -0.15) is 0 Å². The Morgan fingerprint density at radius 1 is 1.15 bits per heavy atom. The summed E-state index contributed by atoms with van der Waals surface area (Å²) in [7, 11) is 1.32. The maximum absolute atomic E-state index is 13.1. The number of benzene rings is 2. The average molecular weight is 468 g/mol. The second-order valence-corrected chi connectivity index (χ2v) is 8.13. The molecular formula is C22H24N6O6. The van der Waals surface area contributed by atoms with Crippen molar-refractivity contribution in [2.45, 2.75) is 25.8 Å². The average Bonchev–Trinajstić information content (AvgIpc) is 2.79. The first kappa shape index (κ1) is 23.0. The molecule has 178 valence electrons. The predicted molar refractivity (Wildman–Crippen MR) is 122 cm³/mol. The molecule has 2 aromatic carbocycles. The Morgan fingerprint density at radius 2 is 1.88 bits per heavy atom. The summed E-state index contributed by atoms with van der Waals surface area (Å²) in [6, 6.07) is 11.3. The number of hydrogen-bond donors (Lipinski definition) is 5. The van der Waals surface area contributed by atoms with Gasteiger partial charge in [0.1, 0.15) is 5.75 Å². The number of rotatable bonds is 6. The molecular weight excluding hydrogens is 444 g/mol. The Hall–Kier alpha value is -4.19. The van der Waals surface area contributed by atoms with Gasteiger partial charge in [-0.15, -0.1) is 0 Å². The molecule has 0 saturated carbocycles. The minimum Gasteiger partial charge on any atom is -0.494 e. The Kier molecular flexibility index (Phi) is 6.32. The van der Waals surface area contributed by atoms with Crippen molar-refractivity contribution in [1.29, 1.82) is 0 Å². The van der Waals surface area contributed by atoms with Gasteiger partial charge in [0.25, 0.3) is 5.69 Å². The monoisotopic (exact) mass is 468 g/mol. The van der Waals surface area contributed by atoms with Crippen LogP contribution in [0.15, 0.2) is 42.5 Å². The molecule has 2 aliphatic heterocycles. The number of ether oxygens (including phenoxy) is 1. The lowest BCUT2D eigenvalue weighted by atomic mass is 9.81. The molecule has 2 heterocycles. The van der Waals surface area contributed by atoms with Gasteiger partial charge in [-0.3, -0.25) is 29.8 Å². The zero-order valence-corrected chi connectivity index (χ0v) is 18.5. The highest BCUT2D eigenvalue weighted by atomic mass is 16.6. The minimum absolute atomic E-state index is 0.0907. The lowest BCUT2D eigenvalue weighted by Crippen LogP contribution is -2.72. The zero-order valence-electron chi connectivity index (χ0n) is 18.5. The third-order valence-electron chi connectivity index (χ3n) is 5.80. The molecule has 3 amide bonds. The Morgan fingerprint density at radius 3 is 2.56 bits per heavy atom. The van der Waals surface area contributed by atoms with E-state index >= 15 is 0 Å². The second-order valence-electron chi connectivity index (χ2n) is 8.13. The third-order valence-corrected chi connectivity index (χ3v) is 5.80. The molecule has 0 spiro atoms. The number of nitrogens with zero attached hydrogens (tertiary/aromatic N) is 1. The van der Waals surface area contributed by atoms with E-state index in [1.54, 1.807) is 0 Å². The van der Waals surface area contributed by atoms with Crippen LogP contribution in [-0.2, 0) is 14.4 Å². The fourth-order valence-electron chi connectivity index (χ4n) is 4.09. The summed E-state index contributed by atoms with van der Waals surface area (Å²) in [5.41, 5.74) is 1.85. The fraction of sp³-hybridized carbons (Fsp3) is 0.318. The maximum Gasteiger partial charge on any atom is 0.273 e. The van der Waals surface area contributed by atoms with Crippen LogP contribution in [0.25, 0.3) is 0 Å². The van der Waals surface area contributed by atoms with Gasteiger partial charge >= 0.3 is 0 Å². The van der Waals surface area contributed by atoms with Crippen molar-refractivity contribution < 1.29 is 24.0 Å². The Bertz CT molecular complexity index is 1140. The number of nitrogens with one attached hydrogen (secondary N) is 5. The number of hydrogen-bond acceptors (Lipinski definition) is 8. The molecule has 4 rings (SSSR count). The van der Waals surface area contributed by atoms with Crippen LogP contribution in [0.4, 0.5) is 17.1 Å². The number of anilines is 2. The summed E-state index contributed by atoms with van der Waals surface area (Å²) in [5.74, 6) is -3.09. The molecule has 0 aliphatic carbocycles. The van der Waals surface area contributed by atoms with Gasteiger partial charge in [-0.1, -0.05) is 17.7 Å². The predicted octanol–water partition coefficient (Wildman–Crippen LogP) is 1.04. The van der Waals surface area contributed by atoms with E-state index in [1.165, 1.54) is 25.3 Å². The van der Waals surface area contributed by atoms with Crippen molar-refractivity contribution in [3.05, 3.63) is 58.1 Å². The lowest BCUT2D eigenvalue weighted by molar-refractivity contribution is -0.384. The van der Waals surface area contributed by atoms with Crippen LogP contribution < -0.4 is 31.3 Å². The van der Waals surface area contributed by atoms with E-state index < -0.39 is 41.0 Å². The van der Waals surface area contributed by atoms with Crippen molar-refractivity contribution in [3.8, 4) is 5.75 Å². The first-order chi connectivity index (χ1) is 16.2. The van der Waals surface area contributed by atoms with Crippen molar-refractivity contribution in [3.63, 3.8) is 0 Å². The zero-order chi connectivity index (χ0) is 24.4. The number of methoxy groups -OCH3 is 1. The van der Waals surface area contributed by atoms with Gasteiger partial charge in [-0.05, 0) is 25.1 Å². The van der Waals surface area contributed by atoms with Crippen molar-refractivity contribution in [1.82, 2.24) is 16.0 Å². The number of aryl methyl sites for hydroxylation is 1. The molecule has 5 N–H and O–H groups in total. The van der Waals surface area contributed by atoms with E-state index in [9.17, 15) is 24.5 Å². The standard InChI is InChI=1S/C22H24N6O6/c1-11-3-5-12(6-4-11)23-22-26-19-18(21(31)27-22)14(10-17(29)25-19)20(30)24-15-8-7-13(28(32)33)9-16(15)34-2/h3-9,14,18-19,22-23,26H,10H2,1-2H3,(H,24,30)(H,25,29)(H,27,31). The Balaban J connectivity index is 1.49. The van der Waals surface area contributed by atoms with Gasteiger partial charge in [0.05, 0.1) is 41.8 Å². The van der Waals surface area contributed by atoms with Gasteiger partial charge in [0.15, 0.2) is 6.29 Å². The van der Waals surface area contributed by atoms with Gasteiger partial charge in [0, 0.05) is 18.2 Å². The van der Waals surface area contributed by atoms with Crippen LogP contribution in [0.1, 0.15) is 12.0 Å². The number of piperidine rings is 1. The molecule has 2 saturated heterocycles. The van der Waals surface area contributed by atoms with Crippen LogP contribution in [0.3, 0.4) is 0 Å². The van der Waals surface area contributed by atoms with E-state index in [0.29, 0.717) is 0 Å². The minimum atomic E-state index is -0.966. The van der Waals surface area contributed by atoms with Crippen molar-refractivity contribution >= 4 is 34.8 Å². The third kappa shape index (κ3) is 4.76. The maximum atomic E-state index is 13.1. The van der Waals surface area contributed by atoms with Crippen molar-refractivity contribution in [2.75, 3.05) is 17.7 Å². The summed E-state index contributed by atoms with van der Waals surface area (Å²) in [5, 5.41) is 25.4. The summed E-state index contributed by atoms with van der Waals surface area (Å²) >= 11 is 0. The highest BCUT2D eigenvalue weighted by Gasteiger charge is 2.48. The highest BCUT2D eigenvalue weighted by Crippen LogP contribution is 2.32. The Labute approximate surface area is 194 Å². The number of carbonyl (C=O) groups excluding carboxylic acids is 3. The lowest BCUT2D eigenvalue weighted by Gasteiger charge is -2.43. The molecule has 2 aliphatic rings.